The summed E-state index contributed by atoms with van der Waals surface area (Å²) in [6.45, 7) is 5.03. The molecule has 0 aliphatic rings. The quantitative estimate of drug-likeness (QED) is 0.694. The maximum absolute atomic E-state index is 12.8. The summed E-state index contributed by atoms with van der Waals surface area (Å²) in [6.07, 6.45) is 2.77. The molecule has 2 rings (SSSR count). The van der Waals surface area contributed by atoms with Crippen molar-refractivity contribution in [2.75, 3.05) is 17.2 Å². The molecule has 10 heteroatoms. The molecule has 0 atom stereocenters. The molecule has 0 aromatic carbocycles. The Balaban J connectivity index is 2.75. The summed E-state index contributed by atoms with van der Waals surface area (Å²) < 4.78 is 6.55. The van der Waals surface area contributed by atoms with E-state index in [1.54, 1.807) is 26.0 Å². The number of nitrogen functional groups attached to an aromatic ring is 1. The van der Waals surface area contributed by atoms with Crippen molar-refractivity contribution in [2.24, 2.45) is 0 Å². The molecule has 2 aromatic rings. The highest BCUT2D eigenvalue weighted by Crippen LogP contribution is 2.14. The summed E-state index contributed by atoms with van der Waals surface area (Å²) in [4.78, 5) is 42.1. The first-order chi connectivity index (χ1) is 13.3. The van der Waals surface area contributed by atoms with E-state index in [4.69, 9.17) is 10.5 Å². The van der Waals surface area contributed by atoms with E-state index in [1.165, 1.54) is 34.9 Å². The van der Waals surface area contributed by atoms with E-state index in [-0.39, 0.29) is 33.8 Å². The molecule has 0 fully saturated rings. The molecule has 0 unspecified atom stereocenters. The fraction of sp³-hybridized carbons (Fsp3) is 0.278. The van der Waals surface area contributed by atoms with Gasteiger partial charge in [0.25, 0.3) is 5.56 Å². The van der Waals surface area contributed by atoms with Crippen LogP contribution in [0.1, 0.15) is 20.8 Å². The Kier molecular flexibility index (Phi) is 6.68. The molecule has 146 valence electrons. The lowest BCUT2D eigenvalue weighted by molar-refractivity contribution is -0.136. The molecule has 1 amide bonds. The number of aromatic nitrogens is 2. The van der Waals surface area contributed by atoms with Crippen LogP contribution in [0.15, 0.2) is 23.1 Å². The number of hydrogen-bond acceptors (Lipinski definition) is 8. The van der Waals surface area contributed by atoms with Crippen LogP contribution in [0.5, 0.6) is 0 Å². The summed E-state index contributed by atoms with van der Waals surface area (Å²) in [5.74, 6) is -0.855. The van der Waals surface area contributed by atoms with Gasteiger partial charge in [0.15, 0.2) is 5.57 Å². The van der Waals surface area contributed by atoms with Crippen LogP contribution in [-0.2, 0) is 20.9 Å². The number of nitriles is 1. The summed E-state index contributed by atoms with van der Waals surface area (Å²) in [5, 5.41) is 9.38. The predicted molar refractivity (Wildman–Crippen MR) is 105 cm³/mol. The second-order valence-electron chi connectivity index (χ2n) is 5.49. The largest absolute Gasteiger partial charge is 0.462 e. The van der Waals surface area contributed by atoms with Crippen molar-refractivity contribution < 1.29 is 14.3 Å². The third-order valence-electron chi connectivity index (χ3n) is 3.66. The lowest BCUT2D eigenvalue weighted by Crippen LogP contribution is -2.34. The molecule has 0 aliphatic heterocycles. The number of esters is 1. The van der Waals surface area contributed by atoms with Crippen molar-refractivity contribution in [2.45, 2.75) is 27.3 Å². The predicted octanol–water partition coefficient (Wildman–Crippen LogP) is -0.0646. The van der Waals surface area contributed by atoms with Crippen LogP contribution >= 0.6 is 11.3 Å². The number of ether oxygens (including phenoxy) is 1. The van der Waals surface area contributed by atoms with Crippen LogP contribution in [0.3, 0.4) is 0 Å². The second-order valence-corrected chi connectivity index (χ2v) is 6.52. The minimum Gasteiger partial charge on any atom is -0.462 e. The van der Waals surface area contributed by atoms with Crippen molar-refractivity contribution in [3.8, 4) is 6.07 Å². The highest BCUT2D eigenvalue weighted by atomic mass is 32.1. The van der Waals surface area contributed by atoms with Crippen LogP contribution in [0, 0.1) is 11.3 Å². The number of carbonyl (C=O) groups excluding carboxylic acids is 2. The number of thiazole rings is 1. The minimum absolute atomic E-state index is 0.104. The fourth-order valence-electron chi connectivity index (χ4n) is 2.37. The van der Waals surface area contributed by atoms with Crippen molar-refractivity contribution in [1.29, 1.82) is 5.26 Å². The Morgan fingerprint density at radius 3 is 2.64 bits per heavy atom. The molecule has 2 aromatic heterocycles. The molecular weight excluding hydrogens is 382 g/mol. The Morgan fingerprint density at radius 1 is 1.43 bits per heavy atom. The SMILES string of the molecule is CCOC(=O)C(C#N)=c1sc(=CN(C(C)=O)c2ccc(N)nc2)c(=O)n1CC. The average Bonchev–Trinajstić information content (AvgIpc) is 2.96. The Morgan fingerprint density at radius 2 is 2.14 bits per heavy atom. The maximum Gasteiger partial charge on any atom is 0.351 e. The topological polar surface area (TPSA) is 131 Å². The number of anilines is 2. The minimum atomic E-state index is -0.800. The summed E-state index contributed by atoms with van der Waals surface area (Å²) in [6, 6.07) is 4.94. The van der Waals surface area contributed by atoms with E-state index >= 15 is 0 Å². The van der Waals surface area contributed by atoms with Crippen LogP contribution < -0.4 is 25.4 Å². The van der Waals surface area contributed by atoms with Gasteiger partial charge in [0.1, 0.15) is 21.1 Å². The van der Waals surface area contributed by atoms with E-state index in [0.717, 1.165) is 11.3 Å². The highest BCUT2D eigenvalue weighted by Gasteiger charge is 2.17. The van der Waals surface area contributed by atoms with Gasteiger partial charge in [-0.3, -0.25) is 19.1 Å². The average molecular weight is 401 g/mol. The number of carbonyl (C=O) groups is 2. The van der Waals surface area contributed by atoms with E-state index in [1.807, 2.05) is 0 Å². The first-order valence-corrected chi connectivity index (χ1v) is 9.20. The van der Waals surface area contributed by atoms with Crippen LogP contribution in [0.4, 0.5) is 11.5 Å². The maximum atomic E-state index is 12.8. The lowest BCUT2D eigenvalue weighted by atomic mass is 10.3. The van der Waals surface area contributed by atoms with E-state index in [9.17, 15) is 19.6 Å². The van der Waals surface area contributed by atoms with Gasteiger partial charge < -0.3 is 10.5 Å². The van der Waals surface area contributed by atoms with Crippen molar-refractivity contribution in [1.82, 2.24) is 9.55 Å². The van der Waals surface area contributed by atoms with Gasteiger partial charge >= 0.3 is 5.97 Å². The summed E-state index contributed by atoms with van der Waals surface area (Å²) in [7, 11) is 0. The molecule has 0 aliphatic carbocycles. The Labute approximate surface area is 164 Å². The number of rotatable bonds is 5. The van der Waals surface area contributed by atoms with Crippen molar-refractivity contribution in [3.05, 3.63) is 37.9 Å². The molecule has 0 saturated carbocycles. The number of amides is 1. The number of pyridine rings is 1. The molecule has 2 heterocycles. The monoisotopic (exact) mass is 401 g/mol. The van der Waals surface area contributed by atoms with Crippen LogP contribution in [-0.4, -0.2) is 28.0 Å². The molecular formula is C18H19N5O4S. The van der Waals surface area contributed by atoms with Gasteiger partial charge in [0.2, 0.25) is 5.91 Å². The van der Waals surface area contributed by atoms with Gasteiger partial charge in [0.05, 0.1) is 18.5 Å². The number of hydrogen-bond donors (Lipinski definition) is 1. The standard InChI is InChI=1S/C18H19N5O4S/c1-4-22-16(25)14(28-17(22)13(8-19)18(26)27-5-2)10-23(11(3)24)12-6-7-15(20)21-9-12/h6-7,9-10H,4-5H2,1-3H3,(H2,20,21). The van der Waals surface area contributed by atoms with Gasteiger partial charge in [-0.1, -0.05) is 0 Å². The van der Waals surface area contributed by atoms with Crippen molar-refractivity contribution >= 4 is 46.5 Å². The first kappa shape index (κ1) is 20.9. The zero-order chi connectivity index (χ0) is 20.8. The van der Waals surface area contributed by atoms with Crippen LogP contribution in [0.25, 0.3) is 11.8 Å². The normalized spacial score (nSPS) is 12.3. The third-order valence-corrected chi connectivity index (χ3v) is 4.78. The molecule has 0 saturated heterocycles. The zero-order valence-corrected chi connectivity index (χ0v) is 16.4. The zero-order valence-electron chi connectivity index (χ0n) is 15.6. The van der Waals surface area contributed by atoms with Gasteiger partial charge in [-0.2, -0.15) is 5.26 Å². The highest BCUT2D eigenvalue weighted by molar-refractivity contribution is 7.07. The second kappa shape index (κ2) is 8.96. The number of nitrogens with zero attached hydrogens (tertiary/aromatic N) is 4. The van der Waals surface area contributed by atoms with Gasteiger partial charge in [-0.15, -0.1) is 11.3 Å². The van der Waals surface area contributed by atoms with Crippen molar-refractivity contribution in [3.63, 3.8) is 0 Å². The first-order valence-electron chi connectivity index (χ1n) is 8.38. The molecule has 0 spiro atoms. The van der Waals surface area contributed by atoms with E-state index in [2.05, 4.69) is 4.98 Å². The molecule has 28 heavy (non-hydrogen) atoms. The smallest absolute Gasteiger partial charge is 0.351 e. The van der Waals surface area contributed by atoms with Crippen LogP contribution in [0.2, 0.25) is 0 Å². The van der Waals surface area contributed by atoms with Gasteiger partial charge in [0, 0.05) is 19.7 Å². The Bertz CT molecular complexity index is 1110. The van der Waals surface area contributed by atoms with Gasteiger partial charge in [-0.25, -0.2) is 9.78 Å². The fourth-order valence-corrected chi connectivity index (χ4v) is 3.49. The number of nitrogens with two attached hydrogens (primary N) is 1. The third kappa shape index (κ3) is 4.27. The van der Waals surface area contributed by atoms with Gasteiger partial charge in [-0.05, 0) is 26.0 Å². The van der Waals surface area contributed by atoms with E-state index < -0.39 is 11.5 Å². The Hall–Kier alpha value is -3.45. The summed E-state index contributed by atoms with van der Waals surface area (Å²) >= 11 is 0.937. The van der Waals surface area contributed by atoms with E-state index in [0.29, 0.717) is 11.5 Å². The molecule has 0 radical (unpaired) electrons. The molecule has 2 N–H and O–H groups in total. The molecule has 0 bridgehead atoms. The summed E-state index contributed by atoms with van der Waals surface area (Å²) in [5.41, 5.74) is 5.32. The lowest BCUT2D eigenvalue weighted by Gasteiger charge is -2.15. The molecule has 9 nitrogen and oxygen atoms in total.